The largest absolute Gasteiger partial charge is 0.457 e. The van der Waals surface area contributed by atoms with Crippen LogP contribution in [0.4, 0.5) is 10.1 Å². The van der Waals surface area contributed by atoms with Gasteiger partial charge in [0, 0.05) is 52.1 Å². The molecule has 13 heteroatoms. The molecule has 0 aliphatic rings. The zero-order valence-corrected chi connectivity index (χ0v) is 29.2. The molecule has 50 heavy (non-hydrogen) atoms. The Balaban J connectivity index is 0.00000562. The third kappa shape index (κ3) is 9.46. The summed E-state index contributed by atoms with van der Waals surface area (Å²) in [4.78, 5) is 27.2. The van der Waals surface area contributed by atoms with Gasteiger partial charge in [-0.05, 0) is 72.6 Å². The molecule has 5 aromatic carbocycles. The molecule has 0 aliphatic carbocycles. The molecule has 0 fully saturated rings. The normalized spacial score (nSPS) is 11.6. The van der Waals surface area contributed by atoms with Gasteiger partial charge in [0.05, 0.1) is 10.9 Å². The first-order valence-electron chi connectivity index (χ1n) is 15.4. The lowest BCUT2D eigenvalue weighted by atomic mass is 9.97. The van der Waals surface area contributed by atoms with Crippen molar-refractivity contribution in [1.82, 2.24) is 10.6 Å². The monoisotopic (exact) mass is 736 g/mol. The molecule has 9 nitrogen and oxygen atoms in total. The zero-order valence-electron chi connectivity index (χ0n) is 26.9. The molecule has 0 spiro atoms. The van der Waals surface area contributed by atoms with Crippen molar-refractivity contribution in [2.24, 2.45) is 5.73 Å². The summed E-state index contributed by atoms with van der Waals surface area (Å²) < 4.78 is 49.4. The quantitative estimate of drug-likeness (QED) is 0.0985. The second kappa shape index (κ2) is 17.2. The van der Waals surface area contributed by atoms with Gasteiger partial charge in [-0.2, -0.15) is 0 Å². The predicted molar refractivity (Wildman–Crippen MR) is 196 cm³/mol. The number of rotatable bonds is 13. The molecule has 2 amide bonds. The first-order valence-corrected chi connectivity index (χ1v) is 17.2. The Hall–Kier alpha value is -4.78. The molecule has 0 aromatic heterocycles. The van der Waals surface area contributed by atoms with Crippen molar-refractivity contribution in [3.63, 3.8) is 0 Å². The minimum Gasteiger partial charge on any atom is -0.457 e. The number of halogens is 3. The predicted octanol–water partition coefficient (Wildman–Crippen LogP) is 7.44. The van der Waals surface area contributed by atoms with Crippen molar-refractivity contribution < 1.29 is 27.1 Å². The Bertz CT molecular complexity index is 2080. The molecule has 0 heterocycles. The molecule has 5 rings (SSSR count). The van der Waals surface area contributed by atoms with E-state index in [-0.39, 0.29) is 53.0 Å². The standard InChI is InChI=1S/C37H34ClFN4O5S.ClH/c1-2-34(41-23-25-10-6-7-14-33(25)39)37(45)42-36(44)31-18-16-27(43-49(46,47)29-12-4-3-5-13-29)21-32(31)30-17-15-26(38)20-35(30)48-28-11-8-9-24(19-28)22-40;/h3-21,34,41,43H,2,22-23,40H2,1H3,(H,42,44,45);1H. The maximum atomic E-state index is 14.2. The summed E-state index contributed by atoms with van der Waals surface area (Å²) in [5.74, 6) is -1.04. The van der Waals surface area contributed by atoms with Crippen LogP contribution in [0.15, 0.2) is 120 Å². The SMILES string of the molecule is CCC(NCc1ccccc1F)C(=O)NC(=O)c1ccc(NS(=O)(=O)c2ccccc2)cc1-c1ccc(Cl)cc1Oc1cccc(CN)c1.Cl. The minimum atomic E-state index is -3.99. The molecular formula is C37H35Cl2FN4O5S. The number of imide groups is 1. The van der Waals surface area contributed by atoms with Gasteiger partial charge in [-0.25, -0.2) is 12.8 Å². The van der Waals surface area contributed by atoms with Crippen molar-refractivity contribution in [3.8, 4) is 22.6 Å². The molecule has 0 radical (unpaired) electrons. The number of anilines is 1. The van der Waals surface area contributed by atoms with E-state index >= 15 is 0 Å². The second-order valence-corrected chi connectivity index (χ2v) is 13.1. The molecule has 0 bridgehead atoms. The summed E-state index contributed by atoms with van der Waals surface area (Å²) in [5.41, 5.74) is 7.89. The van der Waals surface area contributed by atoms with E-state index in [1.54, 1.807) is 79.7 Å². The third-order valence-corrected chi connectivity index (χ3v) is 9.26. The maximum absolute atomic E-state index is 14.2. The van der Waals surface area contributed by atoms with Crippen molar-refractivity contribution in [2.75, 3.05) is 4.72 Å². The lowest BCUT2D eigenvalue weighted by Gasteiger charge is -2.19. The van der Waals surface area contributed by atoms with Gasteiger partial charge < -0.3 is 15.8 Å². The minimum absolute atomic E-state index is 0. The van der Waals surface area contributed by atoms with Crippen LogP contribution in [0.2, 0.25) is 5.02 Å². The smallest absolute Gasteiger partial charge is 0.261 e. The molecule has 0 saturated carbocycles. The van der Waals surface area contributed by atoms with Crippen LogP contribution in [0.25, 0.3) is 11.1 Å². The number of carbonyl (C=O) groups excluding carboxylic acids is 2. The molecule has 0 saturated heterocycles. The van der Waals surface area contributed by atoms with E-state index in [1.165, 1.54) is 36.4 Å². The zero-order chi connectivity index (χ0) is 35.0. The van der Waals surface area contributed by atoms with Crippen LogP contribution in [-0.4, -0.2) is 26.3 Å². The van der Waals surface area contributed by atoms with Crippen molar-refractivity contribution in [1.29, 1.82) is 0 Å². The summed E-state index contributed by atoms with van der Waals surface area (Å²) in [6.45, 7) is 2.12. The molecule has 1 atom stereocenters. The molecule has 1 unspecified atom stereocenters. The molecule has 0 aliphatic heterocycles. The number of carbonyl (C=O) groups is 2. The average molecular weight is 738 g/mol. The van der Waals surface area contributed by atoms with Crippen LogP contribution in [0.1, 0.15) is 34.8 Å². The van der Waals surface area contributed by atoms with E-state index in [4.69, 9.17) is 22.1 Å². The Morgan fingerprint density at radius 2 is 1.62 bits per heavy atom. The van der Waals surface area contributed by atoms with E-state index in [0.717, 1.165) is 5.56 Å². The van der Waals surface area contributed by atoms with Gasteiger partial charge in [-0.3, -0.25) is 19.6 Å². The fourth-order valence-corrected chi connectivity index (χ4v) is 6.30. The van der Waals surface area contributed by atoms with Gasteiger partial charge in [0.1, 0.15) is 17.3 Å². The van der Waals surface area contributed by atoms with E-state index in [0.29, 0.717) is 28.3 Å². The fraction of sp³-hybridized carbons (Fsp3) is 0.135. The summed E-state index contributed by atoms with van der Waals surface area (Å²) in [6.07, 6.45) is 0.317. The molecule has 260 valence electrons. The summed E-state index contributed by atoms with van der Waals surface area (Å²) in [6, 6.07) is 29.5. The topological polar surface area (TPSA) is 140 Å². The highest BCUT2D eigenvalue weighted by atomic mass is 35.5. The number of benzene rings is 5. The van der Waals surface area contributed by atoms with E-state index < -0.39 is 33.7 Å². The Morgan fingerprint density at radius 1 is 0.880 bits per heavy atom. The first-order chi connectivity index (χ1) is 23.6. The highest BCUT2D eigenvalue weighted by molar-refractivity contribution is 7.92. The van der Waals surface area contributed by atoms with Gasteiger partial charge in [-0.1, -0.05) is 67.1 Å². The van der Waals surface area contributed by atoms with E-state index in [2.05, 4.69) is 15.4 Å². The van der Waals surface area contributed by atoms with E-state index in [9.17, 15) is 22.4 Å². The van der Waals surface area contributed by atoms with Gasteiger partial charge in [0.15, 0.2) is 0 Å². The lowest BCUT2D eigenvalue weighted by molar-refractivity contribution is -0.122. The molecule has 5 aromatic rings. The molecule has 5 N–H and O–H groups in total. The van der Waals surface area contributed by atoms with Gasteiger partial charge in [0.2, 0.25) is 5.91 Å². The summed E-state index contributed by atoms with van der Waals surface area (Å²) >= 11 is 6.37. The second-order valence-electron chi connectivity index (χ2n) is 11.0. The van der Waals surface area contributed by atoms with Crippen LogP contribution >= 0.6 is 24.0 Å². The number of hydrogen-bond donors (Lipinski definition) is 4. The maximum Gasteiger partial charge on any atom is 0.261 e. The Kier molecular flexibility index (Phi) is 13.1. The van der Waals surface area contributed by atoms with Crippen molar-refractivity contribution in [3.05, 3.63) is 143 Å². The average Bonchev–Trinajstić information content (AvgIpc) is 3.09. The number of nitrogens with two attached hydrogens (primary N) is 1. The number of nitrogens with one attached hydrogen (secondary N) is 3. The van der Waals surface area contributed by atoms with Crippen LogP contribution in [0.5, 0.6) is 11.5 Å². The summed E-state index contributed by atoms with van der Waals surface area (Å²) in [7, 11) is -3.99. The Labute approximate surface area is 301 Å². The third-order valence-electron chi connectivity index (χ3n) is 7.62. The molecular weight excluding hydrogens is 702 g/mol. The van der Waals surface area contributed by atoms with Crippen molar-refractivity contribution >= 4 is 51.5 Å². The van der Waals surface area contributed by atoms with Gasteiger partial charge in [0.25, 0.3) is 15.9 Å². The number of amides is 2. The van der Waals surface area contributed by atoms with Crippen LogP contribution in [-0.2, 0) is 27.9 Å². The van der Waals surface area contributed by atoms with Crippen molar-refractivity contribution in [2.45, 2.75) is 37.4 Å². The highest BCUT2D eigenvalue weighted by Gasteiger charge is 2.24. The number of sulfonamides is 1. The van der Waals surface area contributed by atoms with Gasteiger partial charge in [-0.15, -0.1) is 12.4 Å². The van der Waals surface area contributed by atoms with E-state index in [1.807, 2.05) is 6.07 Å². The van der Waals surface area contributed by atoms with Crippen LogP contribution < -0.4 is 25.8 Å². The highest BCUT2D eigenvalue weighted by Crippen LogP contribution is 2.39. The van der Waals surface area contributed by atoms with Crippen LogP contribution in [0.3, 0.4) is 0 Å². The fourth-order valence-electron chi connectivity index (χ4n) is 5.07. The first kappa shape index (κ1) is 38.0. The van der Waals surface area contributed by atoms with Gasteiger partial charge >= 0.3 is 0 Å². The summed E-state index contributed by atoms with van der Waals surface area (Å²) in [5, 5.41) is 5.80. The number of hydrogen-bond acceptors (Lipinski definition) is 7. The Morgan fingerprint density at radius 3 is 2.34 bits per heavy atom. The lowest BCUT2D eigenvalue weighted by Crippen LogP contribution is -2.45. The number of ether oxygens (including phenoxy) is 1. The van der Waals surface area contributed by atoms with Crippen LogP contribution in [0, 0.1) is 5.82 Å².